The van der Waals surface area contributed by atoms with Gasteiger partial charge in [-0.1, -0.05) is 57.2 Å². The van der Waals surface area contributed by atoms with Crippen molar-refractivity contribution < 1.29 is 14.0 Å². The summed E-state index contributed by atoms with van der Waals surface area (Å²) in [6, 6.07) is 10.2. The van der Waals surface area contributed by atoms with Gasteiger partial charge in [-0.05, 0) is 30.1 Å². The lowest BCUT2D eigenvalue weighted by Gasteiger charge is -2.39. The highest BCUT2D eigenvalue weighted by molar-refractivity contribution is 6.74. The minimum Gasteiger partial charge on any atom is -0.466 e. The molecule has 0 fully saturated rings. The van der Waals surface area contributed by atoms with Gasteiger partial charge in [-0.3, -0.25) is 0 Å². The molecule has 0 amide bonds. The lowest BCUT2D eigenvalue weighted by atomic mass is 10.1. The summed E-state index contributed by atoms with van der Waals surface area (Å²) >= 11 is 0. The fourth-order valence-electron chi connectivity index (χ4n) is 1.81. The van der Waals surface area contributed by atoms with E-state index < -0.39 is 8.32 Å². The third-order valence-corrected chi connectivity index (χ3v) is 8.71. The Morgan fingerprint density at radius 1 is 1.23 bits per heavy atom. The van der Waals surface area contributed by atoms with E-state index >= 15 is 0 Å². The Balaban J connectivity index is 2.93. The number of benzene rings is 1. The molecule has 1 atom stereocenters. The van der Waals surface area contributed by atoms with Crippen LogP contribution in [-0.2, 0) is 14.0 Å². The smallest absolute Gasteiger partial charge is 0.330 e. The monoisotopic (exact) mass is 320 g/mol. The molecule has 3 nitrogen and oxygen atoms in total. The quantitative estimate of drug-likeness (QED) is 0.426. The highest BCUT2D eigenvalue weighted by Crippen LogP contribution is 2.40. The second kappa shape index (κ2) is 7.74. The van der Waals surface area contributed by atoms with Crippen LogP contribution in [0, 0.1) is 0 Å². The first-order valence-corrected chi connectivity index (χ1v) is 10.6. The highest BCUT2D eigenvalue weighted by Gasteiger charge is 2.39. The van der Waals surface area contributed by atoms with Gasteiger partial charge in [0.25, 0.3) is 0 Å². The second-order valence-electron chi connectivity index (χ2n) is 6.94. The molecule has 1 rings (SSSR count). The molecule has 0 bridgehead atoms. The third kappa shape index (κ3) is 5.43. The van der Waals surface area contributed by atoms with E-state index in [1.165, 1.54) is 13.2 Å². The SMILES string of the molecule is COC(=O)/C=C/CC(O[Si](C)(C)C(C)(C)C)c1ccccc1. The molecular formula is C18H28O3Si. The van der Waals surface area contributed by atoms with Crippen molar-refractivity contribution in [3.63, 3.8) is 0 Å². The van der Waals surface area contributed by atoms with Gasteiger partial charge in [-0.2, -0.15) is 0 Å². The fraction of sp³-hybridized carbons (Fsp3) is 0.500. The molecule has 0 aliphatic heterocycles. The molecule has 0 aliphatic carbocycles. The first-order valence-electron chi connectivity index (χ1n) is 7.64. The summed E-state index contributed by atoms with van der Waals surface area (Å²) in [6.07, 6.45) is 3.91. The van der Waals surface area contributed by atoms with E-state index in [0.29, 0.717) is 6.42 Å². The van der Waals surface area contributed by atoms with E-state index in [-0.39, 0.29) is 17.1 Å². The molecule has 1 unspecified atom stereocenters. The number of carbonyl (C=O) groups is 1. The Morgan fingerprint density at radius 2 is 1.82 bits per heavy atom. The van der Waals surface area contributed by atoms with Gasteiger partial charge in [0.15, 0.2) is 8.32 Å². The first kappa shape index (κ1) is 18.7. The summed E-state index contributed by atoms with van der Waals surface area (Å²) in [4.78, 5) is 11.2. The van der Waals surface area contributed by atoms with Crippen LogP contribution in [0.25, 0.3) is 0 Å². The molecule has 0 saturated carbocycles. The lowest BCUT2D eigenvalue weighted by Crippen LogP contribution is -2.41. The molecule has 0 aliphatic rings. The van der Waals surface area contributed by atoms with E-state index in [1.54, 1.807) is 0 Å². The van der Waals surface area contributed by atoms with E-state index in [1.807, 2.05) is 24.3 Å². The van der Waals surface area contributed by atoms with Crippen molar-refractivity contribution in [2.45, 2.75) is 51.4 Å². The van der Waals surface area contributed by atoms with Crippen molar-refractivity contribution in [2.75, 3.05) is 7.11 Å². The molecule has 4 heteroatoms. The van der Waals surface area contributed by atoms with E-state index in [2.05, 4.69) is 50.7 Å². The van der Waals surface area contributed by atoms with Crippen LogP contribution >= 0.6 is 0 Å². The Bertz CT molecular complexity index is 501. The minimum atomic E-state index is -1.89. The Kier molecular flexibility index (Phi) is 6.57. The number of methoxy groups -OCH3 is 1. The van der Waals surface area contributed by atoms with Gasteiger partial charge in [0, 0.05) is 6.08 Å². The van der Waals surface area contributed by atoms with Crippen LogP contribution in [0.5, 0.6) is 0 Å². The Hall–Kier alpha value is -1.39. The number of hydrogen-bond donors (Lipinski definition) is 0. The van der Waals surface area contributed by atoms with E-state index in [0.717, 1.165) is 5.56 Å². The molecule has 0 heterocycles. The molecule has 0 N–H and O–H groups in total. The maximum Gasteiger partial charge on any atom is 0.330 e. The summed E-state index contributed by atoms with van der Waals surface area (Å²) in [5.41, 5.74) is 1.14. The predicted octanol–water partition coefficient (Wildman–Crippen LogP) is 4.87. The number of carbonyl (C=O) groups excluding carboxylic acids is 1. The molecule has 0 radical (unpaired) electrons. The lowest BCUT2D eigenvalue weighted by molar-refractivity contribution is -0.134. The van der Waals surface area contributed by atoms with Crippen LogP contribution in [0.15, 0.2) is 42.5 Å². The van der Waals surface area contributed by atoms with Crippen molar-refractivity contribution in [2.24, 2.45) is 0 Å². The average Bonchev–Trinajstić information content (AvgIpc) is 2.45. The van der Waals surface area contributed by atoms with Gasteiger partial charge in [-0.25, -0.2) is 4.79 Å². The summed E-state index contributed by atoms with van der Waals surface area (Å²) in [7, 11) is -0.504. The minimum absolute atomic E-state index is 0.0389. The summed E-state index contributed by atoms with van der Waals surface area (Å²) < 4.78 is 11.2. The normalized spacial score (nSPS) is 14.1. The topological polar surface area (TPSA) is 35.5 Å². The van der Waals surface area contributed by atoms with Crippen LogP contribution in [0.2, 0.25) is 18.1 Å². The molecule has 0 spiro atoms. The van der Waals surface area contributed by atoms with Gasteiger partial charge in [0.1, 0.15) is 0 Å². The zero-order valence-electron chi connectivity index (χ0n) is 14.6. The number of esters is 1. The van der Waals surface area contributed by atoms with Crippen LogP contribution in [0.1, 0.15) is 38.9 Å². The fourth-order valence-corrected chi connectivity index (χ4v) is 3.11. The van der Waals surface area contributed by atoms with Gasteiger partial charge < -0.3 is 9.16 Å². The maximum absolute atomic E-state index is 11.2. The third-order valence-electron chi connectivity index (χ3n) is 4.22. The zero-order chi connectivity index (χ0) is 16.8. The van der Waals surface area contributed by atoms with Crippen LogP contribution in [-0.4, -0.2) is 21.4 Å². The second-order valence-corrected chi connectivity index (χ2v) is 11.7. The Labute approximate surface area is 135 Å². The molecule has 22 heavy (non-hydrogen) atoms. The molecule has 0 aromatic heterocycles. The van der Waals surface area contributed by atoms with Crippen molar-refractivity contribution in [1.82, 2.24) is 0 Å². The molecule has 1 aromatic carbocycles. The van der Waals surface area contributed by atoms with Crippen molar-refractivity contribution >= 4 is 14.3 Å². The molecule has 0 saturated heterocycles. The summed E-state index contributed by atoms with van der Waals surface area (Å²) in [5.74, 6) is -0.334. The number of rotatable bonds is 6. The molecule has 122 valence electrons. The van der Waals surface area contributed by atoms with Crippen molar-refractivity contribution in [3.05, 3.63) is 48.0 Å². The van der Waals surface area contributed by atoms with Crippen LogP contribution < -0.4 is 0 Å². The average molecular weight is 321 g/mol. The Morgan fingerprint density at radius 3 is 2.32 bits per heavy atom. The van der Waals surface area contributed by atoms with E-state index in [4.69, 9.17) is 4.43 Å². The molecule has 1 aromatic rings. The standard InChI is InChI=1S/C18H28O3Si/c1-18(2,3)22(5,6)21-16(13-10-14-17(19)20-4)15-11-8-7-9-12-15/h7-12,14,16H,13H2,1-6H3/b14-10+. The summed E-state index contributed by atoms with van der Waals surface area (Å²) in [5, 5.41) is 0.145. The summed E-state index contributed by atoms with van der Waals surface area (Å²) in [6.45, 7) is 11.2. The van der Waals surface area contributed by atoms with Gasteiger partial charge >= 0.3 is 5.97 Å². The van der Waals surface area contributed by atoms with E-state index in [9.17, 15) is 4.79 Å². The number of hydrogen-bond acceptors (Lipinski definition) is 3. The van der Waals surface area contributed by atoms with Gasteiger partial charge in [0.05, 0.1) is 13.2 Å². The first-order chi connectivity index (χ1) is 10.2. The van der Waals surface area contributed by atoms with Gasteiger partial charge in [0.2, 0.25) is 0 Å². The zero-order valence-corrected chi connectivity index (χ0v) is 15.6. The van der Waals surface area contributed by atoms with Crippen molar-refractivity contribution in [1.29, 1.82) is 0 Å². The van der Waals surface area contributed by atoms with Crippen LogP contribution in [0.4, 0.5) is 0 Å². The largest absolute Gasteiger partial charge is 0.466 e. The number of ether oxygens (including phenoxy) is 1. The predicted molar refractivity (Wildman–Crippen MR) is 93.2 cm³/mol. The van der Waals surface area contributed by atoms with Crippen molar-refractivity contribution in [3.8, 4) is 0 Å². The maximum atomic E-state index is 11.2. The highest BCUT2D eigenvalue weighted by atomic mass is 28.4. The molecular weight excluding hydrogens is 292 g/mol. The van der Waals surface area contributed by atoms with Crippen LogP contribution in [0.3, 0.4) is 0 Å². The van der Waals surface area contributed by atoms with Gasteiger partial charge in [-0.15, -0.1) is 0 Å².